The number of hydrogen-bond acceptors (Lipinski definition) is 2. The molecule has 0 aliphatic heterocycles. The van der Waals surface area contributed by atoms with Crippen LogP contribution >= 0.6 is 11.6 Å². The third kappa shape index (κ3) is 3.50. The van der Waals surface area contributed by atoms with E-state index >= 15 is 0 Å². The maximum absolute atomic E-state index is 8.10. The van der Waals surface area contributed by atoms with Gasteiger partial charge in [0, 0.05) is 17.0 Å². The van der Waals surface area contributed by atoms with Gasteiger partial charge in [0.25, 0.3) is 0 Å². The molecule has 0 atom stereocenters. The highest BCUT2D eigenvalue weighted by atomic mass is 35.5. The van der Waals surface area contributed by atoms with Crippen LogP contribution < -0.4 is 4.74 Å². The summed E-state index contributed by atoms with van der Waals surface area (Å²) < 4.78 is 5.16. The summed E-state index contributed by atoms with van der Waals surface area (Å²) in [5.41, 5.74) is 10.0. The third-order valence-electron chi connectivity index (χ3n) is 2.01. The fraction of sp³-hybridized carbons (Fsp3) is 0.273. The number of rotatable bonds is 5. The van der Waals surface area contributed by atoms with E-state index in [9.17, 15) is 0 Å². The van der Waals surface area contributed by atoms with E-state index in [2.05, 4.69) is 10.0 Å². The maximum atomic E-state index is 8.10. The Morgan fingerprint density at radius 3 is 3.00 bits per heavy atom. The molecule has 0 aromatic heterocycles. The van der Waals surface area contributed by atoms with E-state index in [0.717, 1.165) is 16.9 Å². The normalized spacial score (nSPS) is 10.1. The fourth-order valence-electron chi connectivity index (χ4n) is 1.28. The Morgan fingerprint density at radius 1 is 1.56 bits per heavy atom. The first-order valence-electron chi connectivity index (χ1n) is 4.72. The highest BCUT2D eigenvalue weighted by Gasteiger charge is 2.01. The van der Waals surface area contributed by atoms with Gasteiger partial charge in [0.2, 0.25) is 0 Å². The van der Waals surface area contributed by atoms with Crippen molar-refractivity contribution >= 4 is 17.7 Å². The molecule has 0 aliphatic rings. The number of halogens is 1. The van der Waals surface area contributed by atoms with Crippen LogP contribution in [0.15, 0.2) is 29.4 Å². The first kappa shape index (κ1) is 12.4. The quantitative estimate of drug-likeness (QED) is 0.333. The molecule has 0 N–H and O–H groups in total. The van der Waals surface area contributed by atoms with Gasteiger partial charge in [0.1, 0.15) is 5.75 Å². The molecule has 1 aromatic carbocycles. The van der Waals surface area contributed by atoms with Gasteiger partial charge in [-0.05, 0) is 23.2 Å². The van der Waals surface area contributed by atoms with Gasteiger partial charge in [-0.25, -0.2) is 0 Å². The third-order valence-corrected chi connectivity index (χ3v) is 2.30. The van der Waals surface area contributed by atoms with Gasteiger partial charge in [-0.15, -0.1) is 11.6 Å². The number of ether oxygens (including phenoxy) is 1. The second-order valence-electron chi connectivity index (χ2n) is 3.02. The lowest BCUT2D eigenvalue weighted by Gasteiger charge is -2.06. The van der Waals surface area contributed by atoms with Crippen molar-refractivity contribution in [3.63, 3.8) is 0 Å². The molecule has 0 bridgehead atoms. The number of azide groups is 1. The van der Waals surface area contributed by atoms with E-state index < -0.39 is 0 Å². The van der Waals surface area contributed by atoms with E-state index in [-0.39, 0.29) is 0 Å². The summed E-state index contributed by atoms with van der Waals surface area (Å²) in [6, 6.07) is 5.73. The highest BCUT2D eigenvalue weighted by Crippen LogP contribution is 2.22. The molecule has 0 heterocycles. The average Bonchev–Trinajstić information content (AvgIpc) is 2.34. The second kappa shape index (κ2) is 6.77. The van der Waals surface area contributed by atoms with Crippen LogP contribution in [0.2, 0.25) is 0 Å². The Bertz CT molecular complexity index is 425. The predicted octanol–water partition coefficient (Wildman–Crippen LogP) is 3.76. The van der Waals surface area contributed by atoms with Crippen molar-refractivity contribution in [2.24, 2.45) is 5.11 Å². The lowest BCUT2D eigenvalue weighted by Crippen LogP contribution is -1.89. The van der Waals surface area contributed by atoms with Crippen LogP contribution in [0, 0.1) is 0 Å². The van der Waals surface area contributed by atoms with Gasteiger partial charge < -0.3 is 4.74 Å². The van der Waals surface area contributed by atoms with Gasteiger partial charge in [-0.2, -0.15) is 0 Å². The highest BCUT2D eigenvalue weighted by molar-refractivity contribution is 6.17. The largest absolute Gasteiger partial charge is 0.496 e. The van der Waals surface area contributed by atoms with Crippen LogP contribution in [0.3, 0.4) is 0 Å². The zero-order valence-electron chi connectivity index (χ0n) is 8.93. The minimum Gasteiger partial charge on any atom is -0.496 e. The van der Waals surface area contributed by atoms with Crippen LogP contribution in [0.25, 0.3) is 16.5 Å². The lowest BCUT2D eigenvalue weighted by molar-refractivity contribution is 0.411. The summed E-state index contributed by atoms with van der Waals surface area (Å²) in [6.07, 6.45) is 3.67. The van der Waals surface area contributed by atoms with E-state index in [4.69, 9.17) is 21.9 Å². The Hall–Kier alpha value is -1.64. The lowest BCUT2D eigenvalue weighted by atomic mass is 10.1. The predicted molar refractivity (Wildman–Crippen MR) is 65.6 cm³/mol. The topological polar surface area (TPSA) is 58.0 Å². The van der Waals surface area contributed by atoms with Gasteiger partial charge in [-0.3, -0.25) is 0 Å². The molecule has 0 fully saturated rings. The van der Waals surface area contributed by atoms with Crippen molar-refractivity contribution in [2.75, 3.05) is 13.7 Å². The number of alkyl halides is 1. The Labute approximate surface area is 99.1 Å². The van der Waals surface area contributed by atoms with Crippen molar-refractivity contribution in [3.8, 4) is 5.75 Å². The molecule has 0 amide bonds. The SMILES string of the molecule is COc1ccc(C=CCN=[N+]=[N-])cc1CCl. The summed E-state index contributed by atoms with van der Waals surface area (Å²) >= 11 is 5.80. The van der Waals surface area contributed by atoms with Crippen LogP contribution in [0.1, 0.15) is 11.1 Å². The van der Waals surface area contributed by atoms with Crippen LogP contribution in [0.5, 0.6) is 5.75 Å². The minimum absolute atomic E-state index is 0.346. The molecule has 0 radical (unpaired) electrons. The summed E-state index contributed by atoms with van der Waals surface area (Å²) in [5.74, 6) is 1.18. The zero-order valence-corrected chi connectivity index (χ0v) is 9.68. The molecular weight excluding hydrogens is 226 g/mol. The molecule has 0 unspecified atom stereocenters. The van der Waals surface area contributed by atoms with E-state index in [1.807, 2.05) is 24.3 Å². The van der Waals surface area contributed by atoms with Crippen molar-refractivity contribution in [2.45, 2.75) is 5.88 Å². The van der Waals surface area contributed by atoms with Crippen molar-refractivity contribution in [1.29, 1.82) is 0 Å². The smallest absolute Gasteiger partial charge is 0.123 e. The molecule has 1 rings (SSSR count). The zero-order chi connectivity index (χ0) is 11.8. The molecule has 0 spiro atoms. The Morgan fingerprint density at radius 2 is 2.38 bits per heavy atom. The van der Waals surface area contributed by atoms with E-state index in [1.54, 1.807) is 13.2 Å². The van der Waals surface area contributed by atoms with Crippen molar-refractivity contribution in [3.05, 3.63) is 45.8 Å². The number of nitrogens with zero attached hydrogens (tertiary/aromatic N) is 3. The maximum Gasteiger partial charge on any atom is 0.123 e. The van der Waals surface area contributed by atoms with E-state index in [1.165, 1.54) is 0 Å². The second-order valence-corrected chi connectivity index (χ2v) is 3.29. The monoisotopic (exact) mass is 237 g/mol. The molecule has 0 aliphatic carbocycles. The first-order valence-corrected chi connectivity index (χ1v) is 5.25. The summed E-state index contributed by atoms with van der Waals surface area (Å²) in [5, 5.41) is 3.41. The molecule has 84 valence electrons. The number of methoxy groups -OCH3 is 1. The number of benzene rings is 1. The number of hydrogen-bond donors (Lipinski definition) is 0. The summed E-state index contributed by atoms with van der Waals surface area (Å²) in [4.78, 5) is 2.66. The first-order chi connectivity index (χ1) is 7.81. The summed E-state index contributed by atoms with van der Waals surface area (Å²) in [7, 11) is 1.61. The average molecular weight is 238 g/mol. The molecule has 16 heavy (non-hydrogen) atoms. The molecular formula is C11H12ClN3O. The van der Waals surface area contributed by atoms with Gasteiger partial charge in [0.15, 0.2) is 0 Å². The minimum atomic E-state index is 0.346. The standard InChI is InChI=1S/C11H12ClN3O/c1-16-11-5-4-9(7-10(11)8-12)3-2-6-14-15-13/h2-5,7H,6,8H2,1H3. The fourth-order valence-corrected chi connectivity index (χ4v) is 1.49. The Balaban J connectivity index is 2.82. The van der Waals surface area contributed by atoms with Crippen LogP contribution in [-0.2, 0) is 5.88 Å². The Kier molecular flexibility index (Phi) is 5.26. The van der Waals surface area contributed by atoms with Crippen LogP contribution in [-0.4, -0.2) is 13.7 Å². The van der Waals surface area contributed by atoms with Crippen molar-refractivity contribution < 1.29 is 4.74 Å². The molecule has 0 saturated heterocycles. The van der Waals surface area contributed by atoms with Crippen LogP contribution in [0.4, 0.5) is 0 Å². The molecule has 5 heteroatoms. The van der Waals surface area contributed by atoms with Gasteiger partial charge in [0.05, 0.1) is 13.0 Å². The van der Waals surface area contributed by atoms with Crippen molar-refractivity contribution in [1.82, 2.24) is 0 Å². The summed E-state index contributed by atoms with van der Waals surface area (Å²) in [6.45, 7) is 0.346. The van der Waals surface area contributed by atoms with E-state index in [0.29, 0.717) is 12.4 Å². The molecule has 4 nitrogen and oxygen atoms in total. The van der Waals surface area contributed by atoms with Gasteiger partial charge >= 0.3 is 0 Å². The van der Waals surface area contributed by atoms with Gasteiger partial charge in [-0.1, -0.05) is 23.3 Å². The molecule has 1 aromatic rings. The molecule has 0 saturated carbocycles.